The summed E-state index contributed by atoms with van der Waals surface area (Å²) in [7, 11) is 0. The van der Waals surface area contributed by atoms with Gasteiger partial charge in [0.05, 0.1) is 27.6 Å². The van der Waals surface area contributed by atoms with E-state index in [4.69, 9.17) is 4.74 Å². The number of carbonyl (C=O) groups excluding carboxylic acids is 2. The Labute approximate surface area is 204 Å². The topological polar surface area (TPSA) is 72.4 Å². The lowest BCUT2D eigenvalue weighted by Crippen LogP contribution is -2.22. The summed E-state index contributed by atoms with van der Waals surface area (Å²) in [4.78, 5) is 36.2. The Bertz CT molecular complexity index is 1240. The number of hydrogen-bond acceptors (Lipinski definition) is 8. The van der Waals surface area contributed by atoms with E-state index in [2.05, 4.69) is 15.3 Å². The van der Waals surface area contributed by atoms with Crippen LogP contribution in [0.15, 0.2) is 70.3 Å². The van der Waals surface area contributed by atoms with Gasteiger partial charge >= 0.3 is 5.97 Å². The van der Waals surface area contributed by atoms with Crippen LogP contribution in [0.5, 0.6) is 0 Å². The summed E-state index contributed by atoms with van der Waals surface area (Å²) < 4.78 is 5.43. The molecule has 168 valence electrons. The minimum absolute atomic E-state index is 0.0372. The highest BCUT2D eigenvalue weighted by Gasteiger charge is 2.18. The van der Waals surface area contributed by atoms with Crippen molar-refractivity contribution in [3.05, 3.63) is 87.3 Å². The van der Waals surface area contributed by atoms with Crippen LogP contribution < -0.4 is 4.90 Å². The van der Waals surface area contributed by atoms with E-state index in [-0.39, 0.29) is 12.5 Å². The fourth-order valence-electron chi connectivity index (χ4n) is 3.01. The van der Waals surface area contributed by atoms with E-state index in [0.717, 1.165) is 27.0 Å². The van der Waals surface area contributed by atoms with Crippen LogP contribution in [0.25, 0.3) is 0 Å². The minimum Gasteiger partial charge on any atom is -0.456 e. The maximum Gasteiger partial charge on any atom is 0.338 e. The van der Waals surface area contributed by atoms with E-state index >= 15 is 0 Å². The van der Waals surface area contributed by atoms with Crippen molar-refractivity contribution in [2.75, 3.05) is 4.90 Å². The quantitative estimate of drug-likeness (QED) is 0.213. The fourth-order valence-corrected chi connectivity index (χ4v) is 5.39. The van der Waals surface area contributed by atoms with Crippen molar-refractivity contribution in [1.29, 1.82) is 0 Å². The third-order valence-electron chi connectivity index (χ3n) is 4.55. The molecule has 4 rings (SSSR count). The van der Waals surface area contributed by atoms with Crippen LogP contribution in [0.4, 0.5) is 10.8 Å². The monoisotopic (exact) mass is 495 g/mol. The predicted molar refractivity (Wildman–Crippen MR) is 133 cm³/mol. The number of rotatable bonds is 8. The van der Waals surface area contributed by atoms with Crippen molar-refractivity contribution < 1.29 is 14.3 Å². The normalized spacial score (nSPS) is 10.7. The van der Waals surface area contributed by atoms with Crippen molar-refractivity contribution in [1.82, 2.24) is 9.97 Å². The summed E-state index contributed by atoms with van der Waals surface area (Å²) in [5.41, 5.74) is 2.88. The van der Waals surface area contributed by atoms with Gasteiger partial charge in [-0.3, -0.25) is 9.69 Å². The average molecular weight is 496 g/mol. The van der Waals surface area contributed by atoms with Crippen LogP contribution in [0, 0.1) is 6.92 Å². The Morgan fingerprint density at radius 1 is 0.970 bits per heavy atom. The molecule has 2 aromatic heterocycles. The van der Waals surface area contributed by atoms with Gasteiger partial charge in [-0.1, -0.05) is 18.2 Å². The number of aryl methyl sites for hydroxylation is 1. The van der Waals surface area contributed by atoms with Gasteiger partial charge in [-0.15, -0.1) is 34.4 Å². The first-order valence-corrected chi connectivity index (χ1v) is 12.9. The Balaban J connectivity index is 1.33. The van der Waals surface area contributed by atoms with Gasteiger partial charge in [0, 0.05) is 28.3 Å². The number of thioether (sulfide) groups is 1. The largest absolute Gasteiger partial charge is 0.456 e. The number of anilines is 2. The van der Waals surface area contributed by atoms with Crippen molar-refractivity contribution in [3.8, 4) is 0 Å². The molecule has 0 aliphatic rings. The van der Waals surface area contributed by atoms with Crippen LogP contribution in [-0.2, 0) is 21.9 Å². The van der Waals surface area contributed by atoms with Gasteiger partial charge in [0.2, 0.25) is 5.91 Å². The van der Waals surface area contributed by atoms with Crippen LogP contribution in [0.2, 0.25) is 0 Å². The van der Waals surface area contributed by atoms with Crippen LogP contribution >= 0.6 is 34.4 Å². The number of nitrogens with zero attached hydrogens (tertiary/aromatic N) is 3. The number of esters is 1. The van der Waals surface area contributed by atoms with E-state index < -0.39 is 5.97 Å². The summed E-state index contributed by atoms with van der Waals surface area (Å²) in [6, 6.07) is 16.7. The van der Waals surface area contributed by atoms with Gasteiger partial charge in [-0.25, -0.2) is 14.8 Å². The maximum atomic E-state index is 12.5. The smallest absolute Gasteiger partial charge is 0.338 e. The molecule has 9 heteroatoms. The van der Waals surface area contributed by atoms with Crippen LogP contribution in [-0.4, -0.2) is 21.8 Å². The summed E-state index contributed by atoms with van der Waals surface area (Å²) in [5.74, 6) is 0.241. The molecular weight excluding hydrogens is 474 g/mol. The van der Waals surface area contributed by atoms with E-state index in [1.807, 2.05) is 49.4 Å². The first-order chi connectivity index (χ1) is 16.0. The highest BCUT2D eigenvalue weighted by molar-refractivity contribution is 7.98. The summed E-state index contributed by atoms with van der Waals surface area (Å²) in [5, 5.41) is 5.45. The SMILES string of the molecule is CC(=O)N(c1ccccc1)c1nc(COC(=O)c2ccc(SCc3csc(C)n3)cc2)cs1. The van der Waals surface area contributed by atoms with E-state index in [1.165, 1.54) is 18.3 Å². The van der Waals surface area contributed by atoms with Gasteiger partial charge in [0.1, 0.15) is 6.61 Å². The molecule has 2 aromatic carbocycles. The second-order valence-corrected chi connectivity index (χ2v) is 10.0. The molecule has 0 aliphatic carbocycles. The molecule has 0 fully saturated rings. The third kappa shape index (κ3) is 6.07. The molecule has 0 bridgehead atoms. The number of benzene rings is 2. The molecule has 0 unspecified atom stereocenters. The van der Waals surface area contributed by atoms with E-state index in [9.17, 15) is 9.59 Å². The first-order valence-electron chi connectivity index (χ1n) is 10.1. The molecular formula is C24H21N3O3S3. The molecule has 0 N–H and O–H groups in total. The lowest BCUT2D eigenvalue weighted by atomic mass is 10.2. The zero-order valence-electron chi connectivity index (χ0n) is 18.1. The minimum atomic E-state index is -0.414. The third-order valence-corrected chi connectivity index (χ3v) is 7.30. The fraction of sp³-hybridized carbons (Fsp3) is 0.167. The lowest BCUT2D eigenvalue weighted by Gasteiger charge is -2.17. The molecule has 1 amide bonds. The van der Waals surface area contributed by atoms with Gasteiger partial charge in [0.15, 0.2) is 5.13 Å². The molecule has 0 radical (unpaired) electrons. The standard InChI is InChI=1S/C24H21N3O3S3/c1-16-25-20(14-31-16)15-32-22-10-8-18(9-11-22)23(29)30-12-19-13-33-24(26-19)27(17(2)28)21-6-4-3-5-7-21/h3-11,13-14H,12,15H2,1-2H3. The summed E-state index contributed by atoms with van der Waals surface area (Å²) in [6.45, 7) is 3.53. The second-order valence-electron chi connectivity index (χ2n) is 7.06. The number of para-hydroxylation sites is 1. The number of aromatic nitrogens is 2. The van der Waals surface area contributed by atoms with Gasteiger partial charge < -0.3 is 4.74 Å². The number of hydrogen-bond donors (Lipinski definition) is 0. The summed E-state index contributed by atoms with van der Waals surface area (Å²) in [6.07, 6.45) is 0. The number of thiazole rings is 2. The summed E-state index contributed by atoms with van der Waals surface area (Å²) >= 11 is 4.65. The van der Waals surface area contributed by atoms with Crippen LogP contribution in [0.3, 0.4) is 0 Å². The number of amides is 1. The van der Waals surface area contributed by atoms with Crippen molar-refractivity contribution >= 4 is 57.1 Å². The first kappa shape index (κ1) is 23.2. The van der Waals surface area contributed by atoms with Crippen molar-refractivity contribution in [3.63, 3.8) is 0 Å². The van der Waals surface area contributed by atoms with Gasteiger partial charge in [-0.2, -0.15) is 0 Å². The lowest BCUT2D eigenvalue weighted by molar-refractivity contribution is -0.115. The maximum absolute atomic E-state index is 12.5. The second kappa shape index (κ2) is 10.7. The molecule has 0 atom stereocenters. The molecule has 2 heterocycles. The average Bonchev–Trinajstić information content (AvgIpc) is 3.46. The zero-order chi connectivity index (χ0) is 23.2. The van der Waals surface area contributed by atoms with Crippen molar-refractivity contribution in [2.24, 2.45) is 0 Å². The molecule has 0 aliphatic heterocycles. The van der Waals surface area contributed by atoms with E-state index in [1.54, 1.807) is 45.5 Å². The highest BCUT2D eigenvalue weighted by atomic mass is 32.2. The molecule has 0 spiro atoms. The molecule has 0 saturated carbocycles. The number of carbonyl (C=O) groups is 2. The Morgan fingerprint density at radius 2 is 1.70 bits per heavy atom. The predicted octanol–water partition coefficient (Wildman–Crippen LogP) is 6.24. The number of ether oxygens (including phenoxy) is 1. The zero-order valence-corrected chi connectivity index (χ0v) is 20.5. The van der Waals surface area contributed by atoms with E-state index in [0.29, 0.717) is 16.4 Å². The van der Waals surface area contributed by atoms with Crippen molar-refractivity contribution in [2.45, 2.75) is 31.1 Å². The van der Waals surface area contributed by atoms with Gasteiger partial charge in [0.25, 0.3) is 0 Å². The van der Waals surface area contributed by atoms with Crippen LogP contribution in [0.1, 0.15) is 33.7 Å². The van der Waals surface area contributed by atoms with Gasteiger partial charge in [-0.05, 0) is 43.3 Å². The highest BCUT2D eigenvalue weighted by Crippen LogP contribution is 2.29. The molecule has 6 nitrogen and oxygen atoms in total. The molecule has 33 heavy (non-hydrogen) atoms. The molecule has 4 aromatic rings. The Morgan fingerprint density at radius 3 is 2.36 bits per heavy atom. The molecule has 0 saturated heterocycles. The Hall–Kier alpha value is -3.01. The Kier molecular flexibility index (Phi) is 7.54.